The zero-order valence-corrected chi connectivity index (χ0v) is 12.9. The van der Waals surface area contributed by atoms with E-state index < -0.39 is 0 Å². The van der Waals surface area contributed by atoms with E-state index in [1.165, 1.54) is 23.6 Å². The van der Waals surface area contributed by atoms with Crippen LogP contribution in [-0.2, 0) is 0 Å². The van der Waals surface area contributed by atoms with Crippen LogP contribution in [0.5, 0.6) is 5.75 Å². The van der Waals surface area contributed by atoms with Crippen LogP contribution in [0.4, 0.5) is 4.39 Å². The van der Waals surface area contributed by atoms with Gasteiger partial charge in [-0.15, -0.1) is 11.3 Å². The molecule has 96 valence electrons. The van der Waals surface area contributed by atoms with Crippen molar-refractivity contribution >= 4 is 27.3 Å². The minimum atomic E-state index is -0.248. The van der Waals surface area contributed by atoms with Gasteiger partial charge in [-0.3, -0.25) is 0 Å². The molecule has 0 fully saturated rings. The van der Waals surface area contributed by atoms with E-state index in [-0.39, 0.29) is 10.6 Å². The molecule has 0 aliphatic heterocycles. The first kappa shape index (κ1) is 13.6. The molecular formula is C14H14BrFOS. The predicted octanol–water partition coefficient (Wildman–Crippen LogP) is 5.00. The molecule has 0 saturated heterocycles. The number of rotatable bonds is 3. The number of halogens is 2. The lowest BCUT2D eigenvalue weighted by atomic mass is 10.1. The Morgan fingerprint density at radius 3 is 2.50 bits per heavy atom. The minimum Gasteiger partial charge on any atom is -0.497 e. The van der Waals surface area contributed by atoms with Crippen LogP contribution >= 0.6 is 27.3 Å². The fraction of sp³-hybridized carbons (Fsp3) is 0.286. The molecule has 1 aromatic carbocycles. The van der Waals surface area contributed by atoms with Crippen LogP contribution in [-0.4, -0.2) is 7.11 Å². The van der Waals surface area contributed by atoms with Crippen molar-refractivity contribution in [2.75, 3.05) is 7.11 Å². The smallest absolute Gasteiger partial charge is 0.131 e. The van der Waals surface area contributed by atoms with E-state index >= 15 is 0 Å². The van der Waals surface area contributed by atoms with Gasteiger partial charge in [-0.1, -0.05) is 22.0 Å². The quantitative estimate of drug-likeness (QED) is 0.720. The van der Waals surface area contributed by atoms with Crippen molar-refractivity contribution < 1.29 is 9.13 Å². The highest BCUT2D eigenvalue weighted by molar-refractivity contribution is 9.09. The molecule has 0 N–H and O–H groups in total. The van der Waals surface area contributed by atoms with Gasteiger partial charge in [0, 0.05) is 21.4 Å². The Balaban J connectivity index is 2.39. The first-order valence-electron chi connectivity index (χ1n) is 5.57. The van der Waals surface area contributed by atoms with Gasteiger partial charge in [0.2, 0.25) is 0 Å². The van der Waals surface area contributed by atoms with Crippen LogP contribution in [0.3, 0.4) is 0 Å². The van der Waals surface area contributed by atoms with E-state index in [0.29, 0.717) is 11.3 Å². The molecule has 2 aromatic rings. The van der Waals surface area contributed by atoms with Crippen molar-refractivity contribution in [1.29, 1.82) is 0 Å². The van der Waals surface area contributed by atoms with Crippen molar-refractivity contribution in [3.05, 3.63) is 51.0 Å². The molecule has 0 aliphatic rings. The second-order valence-corrected chi connectivity index (χ2v) is 6.36. The number of ether oxygens (including phenoxy) is 1. The summed E-state index contributed by atoms with van der Waals surface area (Å²) in [5, 5.41) is 0. The average Bonchev–Trinajstić information content (AvgIpc) is 2.67. The summed E-state index contributed by atoms with van der Waals surface area (Å²) in [6.45, 7) is 4.11. The van der Waals surface area contributed by atoms with Crippen molar-refractivity contribution in [3.8, 4) is 5.75 Å². The molecule has 1 nitrogen and oxygen atoms in total. The molecule has 1 aromatic heterocycles. The number of methoxy groups -OCH3 is 1. The maximum absolute atomic E-state index is 14.0. The van der Waals surface area contributed by atoms with Gasteiger partial charge < -0.3 is 4.74 Å². The van der Waals surface area contributed by atoms with Crippen molar-refractivity contribution in [1.82, 2.24) is 0 Å². The van der Waals surface area contributed by atoms with E-state index in [1.807, 2.05) is 0 Å². The Kier molecular flexibility index (Phi) is 4.07. The zero-order chi connectivity index (χ0) is 13.3. The second-order valence-electron chi connectivity index (χ2n) is 4.15. The molecule has 0 saturated carbocycles. The van der Waals surface area contributed by atoms with E-state index in [2.05, 4.69) is 35.8 Å². The highest BCUT2D eigenvalue weighted by atomic mass is 79.9. The van der Waals surface area contributed by atoms with Gasteiger partial charge in [0.25, 0.3) is 0 Å². The lowest BCUT2D eigenvalue weighted by Crippen LogP contribution is -1.96. The van der Waals surface area contributed by atoms with Crippen LogP contribution in [0, 0.1) is 19.7 Å². The Bertz CT molecular complexity index is 565. The van der Waals surface area contributed by atoms with Crippen LogP contribution in [0.1, 0.15) is 25.7 Å². The largest absolute Gasteiger partial charge is 0.497 e. The third-order valence-electron chi connectivity index (χ3n) is 2.79. The van der Waals surface area contributed by atoms with E-state index in [9.17, 15) is 4.39 Å². The van der Waals surface area contributed by atoms with Gasteiger partial charge in [-0.05, 0) is 31.5 Å². The molecule has 1 unspecified atom stereocenters. The van der Waals surface area contributed by atoms with Crippen molar-refractivity contribution in [2.24, 2.45) is 0 Å². The SMILES string of the molecule is COc1ccc(C(Br)c2sc(C)cc2C)c(F)c1. The number of alkyl halides is 1. The lowest BCUT2D eigenvalue weighted by molar-refractivity contribution is 0.411. The summed E-state index contributed by atoms with van der Waals surface area (Å²) in [6.07, 6.45) is 0. The molecular weight excluding hydrogens is 315 g/mol. The molecule has 4 heteroatoms. The first-order valence-corrected chi connectivity index (χ1v) is 7.30. The standard InChI is InChI=1S/C14H14BrFOS/c1-8-6-9(2)18-14(8)13(15)11-5-4-10(17-3)7-12(11)16/h4-7,13H,1-3H3. The number of aryl methyl sites for hydroxylation is 2. The highest BCUT2D eigenvalue weighted by Gasteiger charge is 2.19. The summed E-state index contributed by atoms with van der Waals surface area (Å²) in [5.41, 5.74) is 1.83. The Labute approximate surface area is 119 Å². The molecule has 1 heterocycles. The Hall–Kier alpha value is -0.870. The van der Waals surface area contributed by atoms with E-state index in [0.717, 1.165) is 4.88 Å². The number of benzene rings is 1. The Morgan fingerprint density at radius 1 is 1.28 bits per heavy atom. The monoisotopic (exact) mass is 328 g/mol. The summed E-state index contributed by atoms with van der Waals surface area (Å²) in [5.74, 6) is 0.289. The summed E-state index contributed by atoms with van der Waals surface area (Å²) < 4.78 is 19.0. The summed E-state index contributed by atoms with van der Waals surface area (Å²) in [4.78, 5) is 2.28. The topological polar surface area (TPSA) is 9.23 Å². The van der Waals surface area contributed by atoms with Crippen LogP contribution in [0.2, 0.25) is 0 Å². The second kappa shape index (κ2) is 5.41. The molecule has 0 aliphatic carbocycles. The van der Waals surface area contributed by atoms with Gasteiger partial charge in [-0.25, -0.2) is 4.39 Å². The maximum Gasteiger partial charge on any atom is 0.131 e. The van der Waals surface area contributed by atoms with Gasteiger partial charge in [-0.2, -0.15) is 0 Å². The van der Waals surface area contributed by atoms with Crippen molar-refractivity contribution in [2.45, 2.75) is 18.7 Å². The van der Waals surface area contributed by atoms with Crippen LogP contribution in [0.15, 0.2) is 24.3 Å². The minimum absolute atomic E-state index is 0.109. The predicted molar refractivity (Wildman–Crippen MR) is 77.5 cm³/mol. The van der Waals surface area contributed by atoms with Gasteiger partial charge in [0.05, 0.1) is 11.9 Å². The molecule has 0 radical (unpaired) electrons. The highest BCUT2D eigenvalue weighted by Crippen LogP contribution is 2.39. The fourth-order valence-corrected chi connectivity index (χ4v) is 3.94. The summed E-state index contributed by atoms with van der Waals surface area (Å²) >= 11 is 5.28. The third kappa shape index (κ3) is 2.59. The number of hydrogen-bond acceptors (Lipinski definition) is 2. The Morgan fingerprint density at radius 2 is 2.00 bits per heavy atom. The molecule has 0 amide bonds. The van der Waals surface area contributed by atoms with E-state index in [4.69, 9.17) is 4.74 Å². The maximum atomic E-state index is 14.0. The number of thiophene rings is 1. The van der Waals surface area contributed by atoms with E-state index in [1.54, 1.807) is 23.5 Å². The molecule has 18 heavy (non-hydrogen) atoms. The summed E-state index contributed by atoms with van der Waals surface area (Å²) in [7, 11) is 1.53. The van der Waals surface area contributed by atoms with Gasteiger partial charge in [0.15, 0.2) is 0 Å². The number of hydrogen-bond donors (Lipinski definition) is 0. The van der Waals surface area contributed by atoms with Crippen molar-refractivity contribution in [3.63, 3.8) is 0 Å². The summed E-state index contributed by atoms with van der Waals surface area (Å²) in [6, 6.07) is 7.08. The fourth-order valence-electron chi connectivity index (χ4n) is 1.89. The molecule has 2 rings (SSSR count). The third-order valence-corrected chi connectivity index (χ3v) is 5.26. The average molecular weight is 329 g/mol. The van der Waals surface area contributed by atoms with Crippen LogP contribution < -0.4 is 4.74 Å². The molecule has 1 atom stereocenters. The first-order chi connectivity index (χ1) is 8.52. The normalized spacial score (nSPS) is 12.5. The molecule has 0 spiro atoms. The zero-order valence-electron chi connectivity index (χ0n) is 10.5. The van der Waals surface area contributed by atoms with Gasteiger partial charge in [0.1, 0.15) is 11.6 Å². The van der Waals surface area contributed by atoms with Crippen LogP contribution in [0.25, 0.3) is 0 Å². The molecule has 0 bridgehead atoms. The lowest BCUT2D eigenvalue weighted by Gasteiger charge is -2.12. The van der Waals surface area contributed by atoms with Gasteiger partial charge >= 0.3 is 0 Å².